The predicted octanol–water partition coefficient (Wildman–Crippen LogP) is 2.51. The van der Waals surface area contributed by atoms with E-state index in [-0.39, 0.29) is 42.5 Å². The van der Waals surface area contributed by atoms with Gasteiger partial charge in [-0.25, -0.2) is 8.42 Å². The summed E-state index contributed by atoms with van der Waals surface area (Å²) in [6.07, 6.45) is 0. The Balaban J connectivity index is 1.53. The van der Waals surface area contributed by atoms with E-state index >= 15 is 0 Å². The maximum atomic E-state index is 13.5. The van der Waals surface area contributed by atoms with Gasteiger partial charge in [-0.15, -0.1) is 0 Å². The fourth-order valence-corrected chi connectivity index (χ4v) is 5.55. The lowest BCUT2D eigenvalue weighted by Crippen LogP contribution is -2.57. The molecular formula is C27H27N3O5S. The van der Waals surface area contributed by atoms with E-state index in [1.165, 1.54) is 17.0 Å². The summed E-state index contributed by atoms with van der Waals surface area (Å²) in [7, 11) is -4.23. The number of carbonyl (C=O) groups excluding carboxylic acids is 3. The zero-order valence-corrected chi connectivity index (χ0v) is 20.6. The molecule has 4 rings (SSSR count). The van der Waals surface area contributed by atoms with Crippen molar-refractivity contribution < 1.29 is 22.8 Å². The Hall–Kier alpha value is -3.98. The molecule has 0 saturated carbocycles. The molecule has 1 aliphatic rings. The fraction of sp³-hybridized carbons (Fsp3) is 0.222. The van der Waals surface area contributed by atoms with Crippen molar-refractivity contribution in [2.45, 2.75) is 17.2 Å². The van der Waals surface area contributed by atoms with Crippen LogP contribution in [0.3, 0.4) is 0 Å². The summed E-state index contributed by atoms with van der Waals surface area (Å²) in [6.45, 7) is 2.72. The van der Waals surface area contributed by atoms with Crippen LogP contribution in [-0.4, -0.2) is 67.5 Å². The molecule has 0 bridgehead atoms. The molecule has 0 radical (unpaired) electrons. The highest BCUT2D eigenvalue weighted by Gasteiger charge is 2.39. The van der Waals surface area contributed by atoms with Crippen LogP contribution in [-0.2, 0) is 14.6 Å². The van der Waals surface area contributed by atoms with Gasteiger partial charge in [0.15, 0.2) is 0 Å². The van der Waals surface area contributed by atoms with E-state index in [4.69, 9.17) is 0 Å². The summed E-state index contributed by atoms with van der Waals surface area (Å²) in [5.41, 5.74) is 1.78. The summed E-state index contributed by atoms with van der Waals surface area (Å²) >= 11 is 0. The van der Waals surface area contributed by atoms with Crippen LogP contribution in [0.2, 0.25) is 0 Å². The average Bonchev–Trinajstić information content (AvgIpc) is 2.91. The second-order valence-electron chi connectivity index (χ2n) is 8.56. The van der Waals surface area contributed by atoms with E-state index in [2.05, 4.69) is 5.32 Å². The lowest BCUT2D eigenvalue weighted by molar-refractivity contribution is -0.132. The third-order valence-electron chi connectivity index (χ3n) is 6.05. The van der Waals surface area contributed by atoms with Gasteiger partial charge in [-0.05, 0) is 43.3 Å². The number of nitrogens with one attached hydrogen (secondary N) is 1. The molecule has 1 fully saturated rings. The van der Waals surface area contributed by atoms with E-state index in [0.717, 1.165) is 5.56 Å². The first kappa shape index (κ1) is 25.1. The van der Waals surface area contributed by atoms with Crippen LogP contribution >= 0.6 is 0 Å². The van der Waals surface area contributed by atoms with Crippen molar-refractivity contribution in [2.75, 3.05) is 26.2 Å². The molecule has 1 atom stereocenters. The number of hydrogen-bond donors (Lipinski definition) is 1. The molecule has 1 N–H and O–H groups in total. The number of sulfone groups is 1. The van der Waals surface area contributed by atoms with E-state index in [9.17, 15) is 22.8 Å². The molecule has 3 aromatic rings. The van der Waals surface area contributed by atoms with Gasteiger partial charge in [0.05, 0.1) is 4.90 Å². The Labute approximate surface area is 210 Å². The second kappa shape index (κ2) is 10.7. The van der Waals surface area contributed by atoms with Crippen molar-refractivity contribution in [3.05, 3.63) is 102 Å². The predicted molar refractivity (Wildman–Crippen MR) is 135 cm³/mol. The first-order valence-electron chi connectivity index (χ1n) is 11.6. The van der Waals surface area contributed by atoms with Gasteiger partial charge in [0.25, 0.3) is 17.7 Å². The first-order valence-corrected chi connectivity index (χ1v) is 13.1. The summed E-state index contributed by atoms with van der Waals surface area (Å²) in [6, 6.07) is 23.0. The lowest BCUT2D eigenvalue weighted by Gasteiger charge is -2.36. The Kier molecular flexibility index (Phi) is 7.49. The zero-order chi connectivity index (χ0) is 25.7. The quantitative estimate of drug-likeness (QED) is 0.555. The molecule has 1 saturated heterocycles. The normalized spacial score (nSPS) is 14.7. The monoisotopic (exact) mass is 505 g/mol. The number of aryl methyl sites for hydroxylation is 1. The largest absolute Gasteiger partial charge is 0.336 e. The summed E-state index contributed by atoms with van der Waals surface area (Å²) < 4.78 is 26.9. The highest BCUT2D eigenvalue weighted by Crippen LogP contribution is 2.19. The molecular weight excluding hydrogens is 478 g/mol. The number of piperazine rings is 1. The van der Waals surface area contributed by atoms with Crippen LogP contribution in [0, 0.1) is 6.92 Å². The topological polar surface area (TPSA) is 104 Å². The van der Waals surface area contributed by atoms with Crippen LogP contribution in [0.4, 0.5) is 0 Å². The van der Waals surface area contributed by atoms with Crippen molar-refractivity contribution in [2.24, 2.45) is 0 Å². The maximum absolute atomic E-state index is 13.5. The minimum atomic E-state index is -4.23. The number of rotatable bonds is 6. The smallest absolute Gasteiger partial charge is 0.261 e. The molecule has 0 aliphatic carbocycles. The molecule has 1 heterocycles. The highest BCUT2D eigenvalue weighted by molar-refractivity contribution is 7.92. The van der Waals surface area contributed by atoms with Gasteiger partial charge < -0.3 is 15.1 Å². The van der Waals surface area contributed by atoms with Gasteiger partial charge in [-0.2, -0.15) is 0 Å². The molecule has 186 valence electrons. The molecule has 3 amide bonds. The van der Waals surface area contributed by atoms with Gasteiger partial charge in [0.1, 0.15) is 0 Å². The fourth-order valence-electron chi connectivity index (χ4n) is 4.07. The van der Waals surface area contributed by atoms with Crippen molar-refractivity contribution in [1.82, 2.24) is 15.1 Å². The minimum absolute atomic E-state index is 0.0648. The molecule has 0 unspecified atom stereocenters. The highest BCUT2D eigenvalue weighted by atomic mass is 32.2. The van der Waals surface area contributed by atoms with E-state index in [1.54, 1.807) is 65.6 Å². The first-order chi connectivity index (χ1) is 17.3. The van der Waals surface area contributed by atoms with Crippen molar-refractivity contribution >= 4 is 27.6 Å². The zero-order valence-electron chi connectivity index (χ0n) is 19.8. The SMILES string of the molecule is Cc1cccc(C(=O)N2CCN(C(=O)[C@H](NC(=O)c3ccccc3)S(=O)(=O)c3ccccc3)CC2)c1. The molecule has 3 aromatic carbocycles. The van der Waals surface area contributed by atoms with Crippen LogP contribution in [0.15, 0.2) is 89.8 Å². The molecule has 36 heavy (non-hydrogen) atoms. The van der Waals surface area contributed by atoms with E-state index in [0.29, 0.717) is 5.56 Å². The standard InChI is InChI=1S/C27H27N3O5S/c1-20-9-8-12-22(19-20)26(32)29-15-17-30(18-16-29)27(33)25(28-24(31)21-10-4-2-5-11-21)36(34,35)23-13-6-3-7-14-23/h2-14,19,25H,15-18H2,1H3,(H,28,31)/t25-/m1/s1. The van der Waals surface area contributed by atoms with Crippen LogP contribution < -0.4 is 5.32 Å². The second-order valence-corrected chi connectivity index (χ2v) is 10.6. The Morgan fingerprint density at radius 1 is 0.750 bits per heavy atom. The van der Waals surface area contributed by atoms with Crippen LogP contribution in [0.25, 0.3) is 0 Å². The van der Waals surface area contributed by atoms with Gasteiger partial charge in [0.2, 0.25) is 15.2 Å². The third-order valence-corrected chi connectivity index (χ3v) is 7.92. The van der Waals surface area contributed by atoms with Gasteiger partial charge in [-0.1, -0.05) is 54.1 Å². The third kappa shape index (κ3) is 5.46. The minimum Gasteiger partial charge on any atom is -0.336 e. The molecule has 1 aliphatic heterocycles. The van der Waals surface area contributed by atoms with Gasteiger partial charge in [0, 0.05) is 37.3 Å². The number of amides is 3. The van der Waals surface area contributed by atoms with Crippen molar-refractivity contribution in [3.63, 3.8) is 0 Å². The van der Waals surface area contributed by atoms with Crippen LogP contribution in [0.1, 0.15) is 26.3 Å². The van der Waals surface area contributed by atoms with Crippen molar-refractivity contribution in [3.8, 4) is 0 Å². The molecule has 8 nitrogen and oxygen atoms in total. The number of hydrogen-bond acceptors (Lipinski definition) is 5. The number of nitrogens with zero attached hydrogens (tertiary/aromatic N) is 2. The summed E-state index contributed by atoms with van der Waals surface area (Å²) in [5, 5.41) is 0.637. The molecule has 0 spiro atoms. The van der Waals surface area contributed by atoms with E-state index < -0.39 is 27.0 Å². The van der Waals surface area contributed by atoms with Gasteiger partial charge in [-0.3, -0.25) is 14.4 Å². The molecule has 9 heteroatoms. The number of carbonyl (C=O) groups is 3. The van der Waals surface area contributed by atoms with Crippen molar-refractivity contribution in [1.29, 1.82) is 0 Å². The van der Waals surface area contributed by atoms with E-state index in [1.807, 2.05) is 19.1 Å². The number of benzene rings is 3. The average molecular weight is 506 g/mol. The Morgan fingerprint density at radius 2 is 1.31 bits per heavy atom. The Morgan fingerprint density at radius 3 is 1.92 bits per heavy atom. The maximum Gasteiger partial charge on any atom is 0.261 e. The lowest BCUT2D eigenvalue weighted by atomic mass is 10.1. The summed E-state index contributed by atoms with van der Waals surface area (Å²) in [5.74, 6) is -1.54. The van der Waals surface area contributed by atoms with Crippen LogP contribution in [0.5, 0.6) is 0 Å². The summed E-state index contributed by atoms with van der Waals surface area (Å²) in [4.78, 5) is 42.2. The Bertz CT molecular complexity index is 1350. The molecule has 0 aromatic heterocycles. The van der Waals surface area contributed by atoms with Gasteiger partial charge >= 0.3 is 0 Å².